The lowest BCUT2D eigenvalue weighted by Gasteiger charge is -2.24. The largest absolute Gasteiger partial charge is 0.444 e. The fourth-order valence-electron chi connectivity index (χ4n) is 2.07. The Morgan fingerprint density at radius 1 is 1.36 bits per heavy atom. The highest BCUT2D eigenvalue weighted by Crippen LogP contribution is 2.17. The molecule has 1 aromatic rings. The minimum Gasteiger partial charge on any atom is -0.444 e. The van der Waals surface area contributed by atoms with Gasteiger partial charge in [-0.1, -0.05) is 0 Å². The summed E-state index contributed by atoms with van der Waals surface area (Å²) in [6.07, 6.45) is 4.56. The van der Waals surface area contributed by atoms with Gasteiger partial charge in [0.2, 0.25) is 5.78 Å². The maximum atomic E-state index is 11.9. The second-order valence-electron chi connectivity index (χ2n) is 6.16. The highest BCUT2D eigenvalue weighted by Gasteiger charge is 2.30. The molecule has 0 bridgehead atoms. The van der Waals surface area contributed by atoms with E-state index in [9.17, 15) is 9.59 Å². The molecule has 1 aliphatic rings. The van der Waals surface area contributed by atoms with Crippen molar-refractivity contribution in [1.82, 2.24) is 14.9 Å². The molecule has 1 saturated heterocycles. The average molecular weight is 307 g/mol. The topological polar surface area (TPSA) is 81.6 Å². The molecule has 1 fully saturated rings. The van der Waals surface area contributed by atoms with Gasteiger partial charge in [0.15, 0.2) is 0 Å². The first kappa shape index (κ1) is 16.4. The summed E-state index contributed by atoms with van der Waals surface area (Å²) in [7, 11) is 0. The Bertz CT molecular complexity index is 527. The lowest BCUT2D eigenvalue weighted by Crippen LogP contribution is -2.36. The van der Waals surface area contributed by atoms with Gasteiger partial charge >= 0.3 is 6.09 Å². The van der Waals surface area contributed by atoms with Crippen LogP contribution in [0.2, 0.25) is 0 Å². The zero-order chi connectivity index (χ0) is 16.2. The number of carbonyl (C=O) groups is 2. The Labute approximate surface area is 129 Å². The predicted molar refractivity (Wildman–Crippen MR) is 78.5 cm³/mol. The van der Waals surface area contributed by atoms with E-state index in [2.05, 4.69) is 9.97 Å². The molecule has 1 aliphatic heterocycles. The monoisotopic (exact) mass is 307 g/mol. The second kappa shape index (κ2) is 6.83. The van der Waals surface area contributed by atoms with Crippen LogP contribution in [-0.2, 0) is 9.47 Å². The fourth-order valence-corrected chi connectivity index (χ4v) is 2.07. The van der Waals surface area contributed by atoms with Crippen LogP contribution < -0.4 is 0 Å². The molecular formula is C15H21N3O4. The highest BCUT2D eigenvalue weighted by molar-refractivity contribution is 5.94. The van der Waals surface area contributed by atoms with Crippen LogP contribution in [0.15, 0.2) is 18.6 Å². The number of hydrogen-bond donors (Lipinski definition) is 0. The van der Waals surface area contributed by atoms with Crippen LogP contribution in [0.1, 0.15) is 37.7 Å². The third kappa shape index (κ3) is 4.77. The Kier molecular flexibility index (Phi) is 5.07. The number of ketones is 1. The van der Waals surface area contributed by atoms with Gasteiger partial charge < -0.3 is 14.4 Å². The van der Waals surface area contributed by atoms with Crippen LogP contribution in [0.25, 0.3) is 0 Å². The van der Waals surface area contributed by atoms with Crippen LogP contribution in [0.3, 0.4) is 0 Å². The minimum atomic E-state index is -0.516. The first-order valence-electron chi connectivity index (χ1n) is 7.24. The van der Waals surface area contributed by atoms with Gasteiger partial charge in [0.25, 0.3) is 0 Å². The van der Waals surface area contributed by atoms with E-state index in [1.54, 1.807) is 4.90 Å². The molecule has 0 spiro atoms. The van der Waals surface area contributed by atoms with E-state index in [4.69, 9.17) is 9.47 Å². The van der Waals surface area contributed by atoms with E-state index in [0.29, 0.717) is 19.5 Å². The number of nitrogens with zero attached hydrogens (tertiary/aromatic N) is 3. The lowest BCUT2D eigenvalue weighted by molar-refractivity contribution is 0.0217. The molecule has 22 heavy (non-hydrogen) atoms. The van der Waals surface area contributed by atoms with Gasteiger partial charge in [-0.25, -0.2) is 9.78 Å². The highest BCUT2D eigenvalue weighted by atomic mass is 16.6. The van der Waals surface area contributed by atoms with Gasteiger partial charge in [-0.2, -0.15) is 0 Å². The number of carbonyl (C=O) groups excluding carboxylic acids is 2. The van der Waals surface area contributed by atoms with Gasteiger partial charge in [0, 0.05) is 18.9 Å². The number of amides is 1. The molecule has 1 aromatic heterocycles. The van der Waals surface area contributed by atoms with E-state index in [1.807, 2.05) is 20.8 Å². The average Bonchev–Trinajstić information content (AvgIpc) is 2.93. The van der Waals surface area contributed by atoms with Crippen LogP contribution in [0, 0.1) is 0 Å². The molecule has 1 unspecified atom stereocenters. The predicted octanol–water partition coefficient (Wildman–Crippen LogP) is 1.69. The molecule has 0 N–H and O–H groups in total. The first-order chi connectivity index (χ1) is 10.3. The summed E-state index contributed by atoms with van der Waals surface area (Å²) in [5.74, 6) is -0.219. The molecule has 0 aromatic carbocycles. The van der Waals surface area contributed by atoms with E-state index in [-0.39, 0.29) is 30.3 Å². The number of rotatable bonds is 4. The number of likely N-dealkylation sites (tertiary alicyclic amines) is 1. The zero-order valence-electron chi connectivity index (χ0n) is 13.1. The summed E-state index contributed by atoms with van der Waals surface area (Å²) in [6, 6.07) is 0. The van der Waals surface area contributed by atoms with Crippen molar-refractivity contribution in [3.05, 3.63) is 24.3 Å². The van der Waals surface area contributed by atoms with Crippen molar-refractivity contribution in [1.29, 1.82) is 0 Å². The lowest BCUT2D eigenvalue weighted by atomic mass is 10.2. The second-order valence-corrected chi connectivity index (χ2v) is 6.16. The molecule has 1 atom stereocenters. The molecule has 7 nitrogen and oxygen atoms in total. The third-order valence-electron chi connectivity index (χ3n) is 3.10. The molecule has 0 aliphatic carbocycles. The van der Waals surface area contributed by atoms with Gasteiger partial charge in [-0.15, -0.1) is 0 Å². The van der Waals surface area contributed by atoms with Gasteiger partial charge in [0.1, 0.15) is 17.9 Å². The van der Waals surface area contributed by atoms with Crippen LogP contribution in [0.4, 0.5) is 4.79 Å². The SMILES string of the molecule is CC(C)(C)OC(=O)N1CCC(OCC(=O)c2cnccn2)C1. The molecule has 120 valence electrons. The number of hydrogen-bond acceptors (Lipinski definition) is 6. The van der Waals surface area contributed by atoms with Crippen molar-refractivity contribution in [3.63, 3.8) is 0 Å². The van der Waals surface area contributed by atoms with Crippen molar-refractivity contribution < 1.29 is 19.1 Å². The van der Waals surface area contributed by atoms with E-state index < -0.39 is 5.60 Å². The first-order valence-corrected chi connectivity index (χ1v) is 7.24. The molecule has 2 heterocycles. The van der Waals surface area contributed by atoms with Crippen LogP contribution >= 0.6 is 0 Å². The van der Waals surface area contributed by atoms with E-state index in [1.165, 1.54) is 18.6 Å². The van der Waals surface area contributed by atoms with Gasteiger partial charge in [-0.05, 0) is 27.2 Å². The van der Waals surface area contributed by atoms with Crippen molar-refractivity contribution in [2.24, 2.45) is 0 Å². The Balaban J connectivity index is 1.77. The van der Waals surface area contributed by atoms with Gasteiger partial charge in [0.05, 0.1) is 18.8 Å². The van der Waals surface area contributed by atoms with E-state index >= 15 is 0 Å². The summed E-state index contributed by atoms with van der Waals surface area (Å²) in [6.45, 7) is 6.42. The normalized spacial score (nSPS) is 18.3. The smallest absolute Gasteiger partial charge is 0.410 e. The van der Waals surface area contributed by atoms with Gasteiger partial charge in [-0.3, -0.25) is 9.78 Å². The third-order valence-corrected chi connectivity index (χ3v) is 3.10. The number of Topliss-reactive ketones (excluding diaryl/α,β-unsaturated/α-hetero) is 1. The summed E-state index contributed by atoms with van der Waals surface area (Å²) in [5.41, 5.74) is -0.234. The Hall–Kier alpha value is -2.02. The summed E-state index contributed by atoms with van der Waals surface area (Å²) < 4.78 is 10.9. The van der Waals surface area contributed by atoms with E-state index in [0.717, 1.165) is 0 Å². The van der Waals surface area contributed by atoms with Crippen molar-refractivity contribution in [3.8, 4) is 0 Å². The quantitative estimate of drug-likeness (QED) is 0.787. The van der Waals surface area contributed by atoms with Crippen molar-refractivity contribution in [2.45, 2.75) is 38.9 Å². The van der Waals surface area contributed by atoms with Crippen molar-refractivity contribution in [2.75, 3.05) is 19.7 Å². The fraction of sp³-hybridized carbons (Fsp3) is 0.600. The van der Waals surface area contributed by atoms with Crippen molar-refractivity contribution >= 4 is 11.9 Å². The molecule has 2 rings (SSSR count). The summed E-state index contributed by atoms with van der Waals surface area (Å²) >= 11 is 0. The number of ether oxygens (including phenoxy) is 2. The van der Waals surface area contributed by atoms with Crippen LogP contribution in [0.5, 0.6) is 0 Å². The molecule has 1 amide bonds. The minimum absolute atomic E-state index is 0.0640. The maximum Gasteiger partial charge on any atom is 0.410 e. The summed E-state index contributed by atoms with van der Waals surface area (Å²) in [4.78, 5) is 33.2. The summed E-state index contributed by atoms with van der Waals surface area (Å²) in [5, 5.41) is 0. The Morgan fingerprint density at radius 2 is 2.14 bits per heavy atom. The molecule has 0 saturated carbocycles. The maximum absolute atomic E-state index is 11.9. The van der Waals surface area contributed by atoms with Crippen LogP contribution in [-0.4, -0.2) is 58.1 Å². The molecular weight excluding hydrogens is 286 g/mol. The standard InChI is InChI=1S/C15H21N3O4/c1-15(2,3)22-14(20)18-7-4-11(9-18)21-10-13(19)12-8-16-5-6-17-12/h5-6,8,11H,4,7,9-10H2,1-3H3. The Morgan fingerprint density at radius 3 is 2.77 bits per heavy atom. The molecule has 0 radical (unpaired) electrons. The number of aromatic nitrogens is 2. The zero-order valence-corrected chi connectivity index (χ0v) is 13.1. The molecule has 7 heteroatoms.